The minimum atomic E-state index is -4.17. The van der Waals surface area contributed by atoms with Crippen LogP contribution >= 0.6 is 0 Å². The number of nitrogens with two attached hydrogens (primary N) is 1. The van der Waals surface area contributed by atoms with E-state index in [4.69, 9.17) is 20.5 Å². The van der Waals surface area contributed by atoms with Gasteiger partial charge in [-0.15, -0.1) is 0 Å². The summed E-state index contributed by atoms with van der Waals surface area (Å²) in [5.74, 6) is -0.652. The molecule has 0 aromatic heterocycles. The Balaban J connectivity index is 4.40. The maximum absolute atomic E-state index is 10.5. The molecule has 0 aliphatic carbocycles. The summed E-state index contributed by atoms with van der Waals surface area (Å²) in [5, 5.41) is 17.2. The Hall–Kier alpha value is -0.210. The predicted molar refractivity (Wildman–Crippen MR) is 46.7 cm³/mol. The molecule has 0 aromatic carbocycles. The van der Waals surface area contributed by atoms with Gasteiger partial charge in [0.25, 0.3) is 10.1 Å². The molecule has 0 saturated heterocycles. The predicted octanol–water partition coefficient (Wildman–Crippen LogP) is -1.66. The molecule has 7 heteroatoms. The van der Waals surface area contributed by atoms with Crippen LogP contribution in [0.15, 0.2) is 0 Å². The minimum absolute atomic E-state index is 0.0212. The first kappa shape index (κ1) is 12.8. The van der Waals surface area contributed by atoms with Crippen molar-refractivity contribution in [2.45, 2.75) is 18.4 Å². The summed E-state index contributed by atoms with van der Waals surface area (Å²) in [7, 11) is -4.17. The van der Waals surface area contributed by atoms with Crippen molar-refractivity contribution in [3.05, 3.63) is 0 Å². The van der Waals surface area contributed by atoms with Crippen molar-refractivity contribution >= 4 is 10.1 Å². The Bertz CT molecular complexity index is 231. The first-order valence-electron chi connectivity index (χ1n) is 3.79. The van der Waals surface area contributed by atoms with Crippen molar-refractivity contribution in [1.29, 1.82) is 0 Å². The lowest BCUT2D eigenvalue weighted by Gasteiger charge is -2.26. The smallest absolute Gasteiger partial charge is 0.266 e. The van der Waals surface area contributed by atoms with Gasteiger partial charge < -0.3 is 15.9 Å². The molecule has 0 saturated carbocycles. The van der Waals surface area contributed by atoms with Gasteiger partial charge in [-0.3, -0.25) is 4.55 Å². The maximum Gasteiger partial charge on any atom is 0.266 e. The Kier molecular flexibility index (Phi) is 4.79. The molecule has 5 N–H and O–H groups in total. The zero-order valence-corrected chi connectivity index (χ0v) is 8.00. The average Bonchev–Trinajstić information content (AvgIpc) is 1.82. The summed E-state index contributed by atoms with van der Waals surface area (Å²) in [4.78, 5) is 0. The van der Waals surface area contributed by atoms with Gasteiger partial charge in [0.2, 0.25) is 0 Å². The standard InChI is InChI=1S/C6H15NO5S/c7-6(1-3-8,2-4-9)5-13(10,11)12/h8-9H,1-5,7H2,(H,10,11,12). The van der Waals surface area contributed by atoms with Gasteiger partial charge in [-0.05, 0) is 12.8 Å². The van der Waals surface area contributed by atoms with Gasteiger partial charge >= 0.3 is 0 Å². The minimum Gasteiger partial charge on any atom is -0.396 e. The zero-order chi connectivity index (χ0) is 10.5. The molecule has 13 heavy (non-hydrogen) atoms. The largest absolute Gasteiger partial charge is 0.396 e. The van der Waals surface area contributed by atoms with Gasteiger partial charge in [0.1, 0.15) is 0 Å². The Morgan fingerprint density at radius 1 is 1.15 bits per heavy atom. The van der Waals surface area contributed by atoms with E-state index in [1.807, 2.05) is 0 Å². The number of rotatable bonds is 6. The molecule has 0 radical (unpaired) electrons. The molecular formula is C6H15NO5S. The van der Waals surface area contributed by atoms with Crippen molar-refractivity contribution < 1.29 is 23.2 Å². The second-order valence-electron chi connectivity index (χ2n) is 3.04. The Morgan fingerprint density at radius 3 is 1.77 bits per heavy atom. The first-order chi connectivity index (χ1) is 5.83. The van der Waals surface area contributed by atoms with Crippen molar-refractivity contribution in [1.82, 2.24) is 0 Å². The second-order valence-corrected chi connectivity index (χ2v) is 4.49. The van der Waals surface area contributed by atoms with E-state index >= 15 is 0 Å². The number of hydrogen-bond donors (Lipinski definition) is 4. The summed E-state index contributed by atoms with van der Waals surface area (Å²) in [6.07, 6.45) is 0.0424. The highest BCUT2D eigenvalue weighted by Gasteiger charge is 2.29. The molecule has 80 valence electrons. The molecule has 0 unspecified atom stereocenters. The quantitative estimate of drug-likeness (QED) is 0.392. The molecule has 0 bridgehead atoms. The average molecular weight is 213 g/mol. The van der Waals surface area contributed by atoms with E-state index in [0.717, 1.165) is 0 Å². The summed E-state index contributed by atoms with van der Waals surface area (Å²) in [6, 6.07) is 0. The molecule has 0 spiro atoms. The van der Waals surface area contributed by atoms with E-state index in [9.17, 15) is 8.42 Å². The Labute approximate surface area is 77.1 Å². The van der Waals surface area contributed by atoms with E-state index in [2.05, 4.69) is 0 Å². The number of aliphatic hydroxyl groups is 2. The van der Waals surface area contributed by atoms with Crippen LogP contribution in [0.1, 0.15) is 12.8 Å². The zero-order valence-electron chi connectivity index (χ0n) is 7.18. The normalized spacial score (nSPS) is 13.2. The van der Waals surface area contributed by atoms with Crippen LogP contribution in [0.3, 0.4) is 0 Å². The SMILES string of the molecule is NC(CCO)(CCO)CS(=O)(=O)O. The summed E-state index contributed by atoms with van der Waals surface area (Å²) in [6.45, 7) is -0.571. The summed E-state index contributed by atoms with van der Waals surface area (Å²) in [5.41, 5.74) is 4.29. The van der Waals surface area contributed by atoms with Gasteiger partial charge in [-0.2, -0.15) is 8.42 Å². The monoisotopic (exact) mass is 213 g/mol. The van der Waals surface area contributed by atoms with Crippen LogP contribution in [0, 0.1) is 0 Å². The fourth-order valence-electron chi connectivity index (χ4n) is 1.08. The summed E-state index contributed by atoms with van der Waals surface area (Å²) < 4.78 is 29.6. The van der Waals surface area contributed by atoms with Gasteiger partial charge in [-0.1, -0.05) is 0 Å². The van der Waals surface area contributed by atoms with Crippen LogP contribution in [0.25, 0.3) is 0 Å². The molecular weight excluding hydrogens is 198 g/mol. The van der Waals surface area contributed by atoms with E-state index < -0.39 is 21.4 Å². The van der Waals surface area contributed by atoms with Crippen molar-refractivity contribution in [3.63, 3.8) is 0 Å². The highest BCUT2D eigenvalue weighted by molar-refractivity contribution is 7.85. The van der Waals surface area contributed by atoms with Gasteiger partial charge in [0.05, 0.1) is 5.75 Å². The van der Waals surface area contributed by atoms with Crippen LogP contribution in [-0.2, 0) is 10.1 Å². The third-order valence-electron chi connectivity index (χ3n) is 1.69. The van der Waals surface area contributed by atoms with E-state index in [1.54, 1.807) is 0 Å². The summed E-state index contributed by atoms with van der Waals surface area (Å²) >= 11 is 0. The molecule has 6 nitrogen and oxygen atoms in total. The fraction of sp³-hybridized carbons (Fsp3) is 1.00. The van der Waals surface area contributed by atoms with E-state index in [1.165, 1.54) is 0 Å². The molecule has 0 fully saturated rings. The fourth-order valence-corrected chi connectivity index (χ4v) is 2.09. The lowest BCUT2D eigenvalue weighted by Crippen LogP contribution is -2.47. The third kappa shape index (κ3) is 5.94. The third-order valence-corrected chi connectivity index (χ3v) is 2.63. The van der Waals surface area contributed by atoms with Crippen LogP contribution in [0.5, 0.6) is 0 Å². The molecule has 0 amide bonds. The molecule has 0 aromatic rings. The van der Waals surface area contributed by atoms with Crippen LogP contribution in [0.4, 0.5) is 0 Å². The Morgan fingerprint density at radius 2 is 1.54 bits per heavy atom. The van der Waals surface area contributed by atoms with Crippen molar-refractivity contribution in [2.75, 3.05) is 19.0 Å². The van der Waals surface area contributed by atoms with Gasteiger partial charge in [0, 0.05) is 18.8 Å². The van der Waals surface area contributed by atoms with Crippen LogP contribution < -0.4 is 5.73 Å². The molecule has 0 atom stereocenters. The maximum atomic E-state index is 10.5. The van der Waals surface area contributed by atoms with Crippen LogP contribution in [0.2, 0.25) is 0 Å². The van der Waals surface area contributed by atoms with Gasteiger partial charge in [0.15, 0.2) is 0 Å². The highest BCUT2D eigenvalue weighted by Crippen LogP contribution is 2.13. The van der Waals surface area contributed by atoms with Crippen LogP contribution in [-0.4, -0.2) is 47.7 Å². The van der Waals surface area contributed by atoms with Crippen molar-refractivity contribution in [3.8, 4) is 0 Å². The highest BCUT2D eigenvalue weighted by atomic mass is 32.2. The first-order valence-corrected chi connectivity index (χ1v) is 5.40. The van der Waals surface area contributed by atoms with Crippen molar-refractivity contribution in [2.24, 2.45) is 5.73 Å². The number of aliphatic hydroxyl groups excluding tert-OH is 2. The second kappa shape index (κ2) is 4.87. The molecule has 0 rings (SSSR count). The molecule has 0 aliphatic heterocycles. The number of hydrogen-bond acceptors (Lipinski definition) is 5. The lowest BCUT2D eigenvalue weighted by molar-refractivity contribution is 0.203. The molecule has 0 aliphatic rings. The van der Waals surface area contributed by atoms with E-state index in [0.29, 0.717) is 0 Å². The lowest BCUT2D eigenvalue weighted by atomic mass is 9.96. The molecule has 0 heterocycles. The van der Waals surface area contributed by atoms with E-state index in [-0.39, 0.29) is 26.1 Å². The van der Waals surface area contributed by atoms with Gasteiger partial charge in [-0.25, -0.2) is 0 Å². The topological polar surface area (TPSA) is 121 Å².